The van der Waals surface area contributed by atoms with E-state index in [2.05, 4.69) is 15.8 Å². The molecule has 2 aromatic rings. The Kier molecular flexibility index (Phi) is 6.93. The van der Waals surface area contributed by atoms with Crippen molar-refractivity contribution in [2.75, 3.05) is 19.5 Å². The highest BCUT2D eigenvalue weighted by atomic mass is 16.5. The van der Waals surface area contributed by atoms with E-state index in [0.717, 1.165) is 11.3 Å². The molecule has 0 heterocycles. The summed E-state index contributed by atoms with van der Waals surface area (Å²) in [5.74, 6) is 0.308. The van der Waals surface area contributed by atoms with E-state index >= 15 is 0 Å². The first-order valence-electron chi connectivity index (χ1n) is 8.35. The van der Waals surface area contributed by atoms with Crippen LogP contribution in [0.4, 0.5) is 5.69 Å². The quantitative estimate of drug-likeness (QED) is 0.580. The van der Waals surface area contributed by atoms with Gasteiger partial charge in [0.2, 0.25) is 5.91 Å². The Bertz CT molecular complexity index is 862. The molecule has 0 aliphatic carbocycles. The summed E-state index contributed by atoms with van der Waals surface area (Å²) in [6, 6.07) is 12.4. The lowest BCUT2D eigenvalue weighted by Gasteiger charge is -2.10. The predicted molar refractivity (Wildman–Crippen MR) is 105 cm³/mol. The first-order chi connectivity index (χ1) is 12.9. The highest BCUT2D eigenvalue weighted by Crippen LogP contribution is 2.24. The van der Waals surface area contributed by atoms with E-state index in [1.165, 1.54) is 14.2 Å². The molecule has 0 fully saturated rings. The standard InChI is InChI=1S/C20H23N3O4/c1-13-7-5-6-8-17(13)21-19(24)11-14(2)22-23-20(25)16-10-9-15(26-3)12-18(16)27-4/h5-10,12H,11H2,1-4H3,(H,21,24)(H,23,25). The number of amides is 2. The number of para-hydroxylation sites is 1. The fourth-order valence-corrected chi connectivity index (χ4v) is 2.37. The Labute approximate surface area is 158 Å². The van der Waals surface area contributed by atoms with E-state index in [1.807, 2.05) is 31.2 Å². The van der Waals surface area contributed by atoms with Crippen molar-refractivity contribution in [1.82, 2.24) is 5.43 Å². The van der Waals surface area contributed by atoms with Gasteiger partial charge >= 0.3 is 0 Å². The SMILES string of the molecule is COc1ccc(C(=O)NN=C(C)CC(=O)Nc2ccccc2C)c(OC)c1. The van der Waals surface area contributed by atoms with Crippen LogP contribution in [0.25, 0.3) is 0 Å². The fourth-order valence-electron chi connectivity index (χ4n) is 2.37. The largest absolute Gasteiger partial charge is 0.497 e. The second-order valence-electron chi connectivity index (χ2n) is 5.89. The Morgan fingerprint density at radius 2 is 1.81 bits per heavy atom. The monoisotopic (exact) mass is 369 g/mol. The summed E-state index contributed by atoms with van der Waals surface area (Å²) >= 11 is 0. The van der Waals surface area contributed by atoms with Crippen LogP contribution in [0.5, 0.6) is 11.5 Å². The van der Waals surface area contributed by atoms with Crippen LogP contribution >= 0.6 is 0 Å². The zero-order valence-corrected chi connectivity index (χ0v) is 15.8. The molecule has 0 atom stereocenters. The lowest BCUT2D eigenvalue weighted by Crippen LogP contribution is -2.22. The average molecular weight is 369 g/mol. The van der Waals surface area contributed by atoms with Gasteiger partial charge in [-0.05, 0) is 37.6 Å². The van der Waals surface area contributed by atoms with E-state index in [4.69, 9.17) is 9.47 Å². The first kappa shape index (κ1) is 20.0. The number of ether oxygens (including phenoxy) is 2. The fraction of sp³-hybridized carbons (Fsp3) is 0.250. The van der Waals surface area contributed by atoms with E-state index in [0.29, 0.717) is 22.8 Å². The normalized spacial score (nSPS) is 10.9. The van der Waals surface area contributed by atoms with Crippen molar-refractivity contribution in [1.29, 1.82) is 0 Å². The number of rotatable bonds is 7. The molecule has 7 heteroatoms. The molecule has 0 unspecified atom stereocenters. The third-order valence-electron chi connectivity index (χ3n) is 3.84. The maximum atomic E-state index is 12.3. The van der Waals surface area contributed by atoms with Crippen LogP contribution in [0.2, 0.25) is 0 Å². The van der Waals surface area contributed by atoms with Crippen molar-refractivity contribution in [3.8, 4) is 11.5 Å². The summed E-state index contributed by atoms with van der Waals surface area (Å²) in [4.78, 5) is 24.4. The molecule has 2 rings (SSSR count). The Hall–Kier alpha value is -3.35. The molecule has 2 N–H and O–H groups in total. The molecule has 2 amide bonds. The van der Waals surface area contributed by atoms with Crippen LogP contribution in [-0.2, 0) is 4.79 Å². The molecule has 0 bridgehead atoms. The number of nitrogens with one attached hydrogen (secondary N) is 2. The topological polar surface area (TPSA) is 89.0 Å². The van der Waals surface area contributed by atoms with Crippen molar-refractivity contribution in [2.24, 2.45) is 5.10 Å². The van der Waals surface area contributed by atoms with Crippen molar-refractivity contribution < 1.29 is 19.1 Å². The highest BCUT2D eigenvalue weighted by Gasteiger charge is 2.13. The second-order valence-corrected chi connectivity index (χ2v) is 5.89. The summed E-state index contributed by atoms with van der Waals surface area (Å²) in [6.45, 7) is 3.59. The van der Waals surface area contributed by atoms with Crippen molar-refractivity contribution in [3.63, 3.8) is 0 Å². The molecule has 142 valence electrons. The van der Waals surface area contributed by atoms with Crippen molar-refractivity contribution in [3.05, 3.63) is 53.6 Å². The van der Waals surface area contributed by atoms with Gasteiger partial charge in [0.15, 0.2) is 0 Å². The number of methoxy groups -OCH3 is 2. The van der Waals surface area contributed by atoms with E-state index < -0.39 is 5.91 Å². The minimum absolute atomic E-state index is 0.0639. The molecule has 0 aliphatic rings. The number of hydrazone groups is 1. The molecule has 0 radical (unpaired) electrons. The molecule has 0 saturated heterocycles. The summed E-state index contributed by atoms with van der Waals surface area (Å²) in [5.41, 5.74) is 4.96. The molecule has 0 saturated carbocycles. The minimum Gasteiger partial charge on any atom is -0.497 e. The summed E-state index contributed by atoms with van der Waals surface area (Å²) in [6.07, 6.45) is 0.0639. The zero-order valence-electron chi connectivity index (χ0n) is 15.8. The number of hydrogen-bond acceptors (Lipinski definition) is 5. The summed E-state index contributed by atoms with van der Waals surface area (Å²) in [7, 11) is 3.00. The van der Waals surface area contributed by atoms with Crippen LogP contribution in [0, 0.1) is 6.92 Å². The van der Waals surface area contributed by atoms with Gasteiger partial charge in [-0.2, -0.15) is 5.10 Å². The Morgan fingerprint density at radius 1 is 1.07 bits per heavy atom. The minimum atomic E-state index is -0.437. The van der Waals surface area contributed by atoms with Crippen LogP contribution in [0.15, 0.2) is 47.6 Å². The third kappa shape index (κ3) is 5.57. The van der Waals surface area contributed by atoms with Crippen molar-refractivity contribution >= 4 is 23.2 Å². The molecule has 2 aromatic carbocycles. The maximum absolute atomic E-state index is 12.3. The number of nitrogens with zero attached hydrogens (tertiary/aromatic N) is 1. The van der Waals surface area contributed by atoms with Crippen LogP contribution in [0.1, 0.15) is 29.3 Å². The van der Waals surface area contributed by atoms with Crippen LogP contribution in [0.3, 0.4) is 0 Å². The van der Waals surface area contributed by atoms with Crippen molar-refractivity contribution in [2.45, 2.75) is 20.3 Å². The van der Waals surface area contributed by atoms with E-state index in [9.17, 15) is 9.59 Å². The second kappa shape index (κ2) is 9.38. The number of hydrogen-bond donors (Lipinski definition) is 2. The Balaban J connectivity index is 1.97. The molecule has 27 heavy (non-hydrogen) atoms. The van der Waals surface area contributed by atoms with Gasteiger partial charge in [-0.1, -0.05) is 18.2 Å². The maximum Gasteiger partial charge on any atom is 0.275 e. The molecular formula is C20H23N3O4. The number of carbonyl (C=O) groups excluding carboxylic acids is 2. The molecule has 0 aliphatic heterocycles. The number of anilines is 1. The van der Waals surface area contributed by atoms with Gasteiger partial charge in [0.1, 0.15) is 11.5 Å². The molecule has 7 nitrogen and oxygen atoms in total. The molecule has 0 aromatic heterocycles. The van der Waals surface area contributed by atoms with Gasteiger partial charge in [-0.3, -0.25) is 9.59 Å². The van der Waals surface area contributed by atoms with Gasteiger partial charge in [-0.25, -0.2) is 5.43 Å². The summed E-state index contributed by atoms with van der Waals surface area (Å²) < 4.78 is 10.3. The zero-order chi connectivity index (χ0) is 19.8. The number of benzene rings is 2. The van der Waals surface area contributed by atoms with E-state index in [1.54, 1.807) is 25.1 Å². The predicted octanol–water partition coefficient (Wildman–Crippen LogP) is 3.15. The number of aryl methyl sites for hydroxylation is 1. The third-order valence-corrected chi connectivity index (χ3v) is 3.84. The van der Waals surface area contributed by atoms with Crippen LogP contribution < -0.4 is 20.2 Å². The Morgan fingerprint density at radius 3 is 2.48 bits per heavy atom. The van der Waals surface area contributed by atoms with Crippen LogP contribution in [-0.4, -0.2) is 31.7 Å². The molecular weight excluding hydrogens is 346 g/mol. The van der Waals surface area contributed by atoms with Gasteiger partial charge in [-0.15, -0.1) is 0 Å². The highest BCUT2D eigenvalue weighted by molar-refractivity contribution is 6.06. The van der Waals surface area contributed by atoms with E-state index in [-0.39, 0.29) is 12.3 Å². The van der Waals surface area contributed by atoms with Gasteiger partial charge in [0.25, 0.3) is 5.91 Å². The van der Waals surface area contributed by atoms with Gasteiger partial charge in [0.05, 0.1) is 26.2 Å². The lowest BCUT2D eigenvalue weighted by atomic mass is 10.2. The first-order valence-corrected chi connectivity index (χ1v) is 8.35. The number of carbonyl (C=O) groups is 2. The lowest BCUT2D eigenvalue weighted by molar-refractivity contribution is -0.115. The summed E-state index contributed by atoms with van der Waals surface area (Å²) in [5, 5.41) is 6.82. The molecule has 0 spiro atoms. The average Bonchev–Trinajstić information content (AvgIpc) is 2.67. The smallest absolute Gasteiger partial charge is 0.275 e. The van der Waals surface area contributed by atoms with Gasteiger partial charge < -0.3 is 14.8 Å². The van der Waals surface area contributed by atoms with Gasteiger partial charge in [0, 0.05) is 17.5 Å².